The van der Waals surface area contributed by atoms with Crippen LogP contribution in [0.25, 0.3) is 0 Å². The summed E-state index contributed by atoms with van der Waals surface area (Å²) < 4.78 is 5.43. The van der Waals surface area contributed by atoms with Gasteiger partial charge in [0.1, 0.15) is 5.75 Å². The van der Waals surface area contributed by atoms with Crippen molar-refractivity contribution in [2.45, 2.75) is 6.92 Å². The van der Waals surface area contributed by atoms with Gasteiger partial charge in [-0.3, -0.25) is 14.4 Å². The van der Waals surface area contributed by atoms with Crippen LogP contribution in [0.3, 0.4) is 0 Å². The largest absolute Gasteiger partial charge is 0.483 e. The lowest BCUT2D eigenvalue weighted by molar-refractivity contribution is -0.118. The number of ether oxygens (including phenoxy) is 1. The van der Waals surface area contributed by atoms with Gasteiger partial charge in [-0.25, -0.2) is 0 Å². The molecule has 2 amide bonds. The number of nitrogens with one attached hydrogen (secondary N) is 1. The molecule has 0 saturated heterocycles. The second-order valence-electron chi connectivity index (χ2n) is 5.81. The van der Waals surface area contributed by atoms with Gasteiger partial charge in [0.2, 0.25) is 0 Å². The maximum absolute atomic E-state index is 12.0. The molecule has 0 aromatic heterocycles. The first kappa shape index (κ1) is 19.5. The Balaban J connectivity index is 1.97. The van der Waals surface area contributed by atoms with E-state index >= 15 is 0 Å². The fourth-order valence-electron chi connectivity index (χ4n) is 2.20. The molecule has 26 heavy (non-hydrogen) atoms. The van der Waals surface area contributed by atoms with Gasteiger partial charge in [0.05, 0.1) is 5.56 Å². The van der Waals surface area contributed by atoms with Gasteiger partial charge >= 0.3 is 0 Å². The summed E-state index contributed by atoms with van der Waals surface area (Å²) in [5.41, 5.74) is 1.38. The van der Waals surface area contributed by atoms with Crippen molar-refractivity contribution < 1.29 is 19.1 Å². The van der Waals surface area contributed by atoms with Crippen molar-refractivity contribution in [3.05, 3.63) is 58.6 Å². The Morgan fingerprint density at radius 1 is 1.08 bits per heavy atom. The number of anilines is 1. The standard InChI is InChI=1S/C19H19ClN2O4/c1-12(23)16-10-14(20)6-9-17(16)26-11-18(24)21-15-7-4-13(5-8-15)19(25)22(2)3/h4-10H,11H2,1-3H3,(H,21,24). The number of hydrogen-bond donors (Lipinski definition) is 1. The summed E-state index contributed by atoms with van der Waals surface area (Å²) in [5.74, 6) is -0.417. The molecule has 2 aromatic rings. The van der Waals surface area contributed by atoms with E-state index in [1.165, 1.54) is 17.9 Å². The zero-order valence-corrected chi connectivity index (χ0v) is 15.5. The van der Waals surface area contributed by atoms with Crippen molar-refractivity contribution in [2.24, 2.45) is 0 Å². The summed E-state index contributed by atoms with van der Waals surface area (Å²) >= 11 is 5.87. The lowest BCUT2D eigenvalue weighted by atomic mass is 10.1. The van der Waals surface area contributed by atoms with Gasteiger partial charge in [-0.05, 0) is 49.4 Å². The van der Waals surface area contributed by atoms with Crippen LogP contribution in [0, 0.1) is 0 Å². The molecular weight excluding hydrogens is 356 g/mol. The van der Waals surface area contributed by atoms with Gasteiger partial charge in [-0.2, -0.15) is 0 Å². The van der Waals surface area contributed by atoms with Gasteiger partial charge in [0.25, 0.3) is 11.8 Å². The predicted octanol–water partition coefficient (Wildman–Crippen LogP) is 3.26. The number of Topliss-reactive ketones (excluding diaryl/α,β-unsaturated/α-hetero) is 1. The molecule has 0 aliphatic heterocycles. The number of hydrogen-bond acceptors (Lipinski definition) is 4. The number of carbonyl (C=O) groups excluding carboxylic acids is 3. The first-order chi connectivity index (χ1) is 12.3. The Kier molecular flexibility index (Phi) is 6.36. The molecule has 0 heterocycles. The molecule has 0 spiro atoms. The summed E-state index contributed by atoms with van der Waals surface area (Å²) in [6.45, 7) is 1.13. The van der Waals surface area contributed by atoms with Gasteiger partial charge in [-0.1, -0.05) is 11.6 Å². The van der Waals surface area contributed by atoms with Crippen LogP contribution in [-0.2, 0) is 4.79 Å². The fourth-order valence-corrected chi connectivity index (χ4v) is 2.37. The molecule has 2 rings (SSSR count). The van der Waals surface area contributed by atoms with E-state index in [1.807, 2.05) is 0 Å². The smallest absolute Gasteiger partial charge is 0.262 e. The molecule has 0 bridgehead atoms. The number of halogens is 1. The van der Waals surface area contributed by atoms with Crippen LogP contribution >= 0.6 is 11.6 Å². The van der Waals surface area contributed by atoms with Crippen molar-refractivity contribution in [2.75, 3.05) is 26.0 Å². The van der Waals surface area contributed by atoms with Gasteiger partial charge in [-0.15, -0.1) is 0 Å². The number of benzene rings is 2. The highest BCUT2D eigenvalue weighted by molar-refractivity contribution is 6.31. The molecule has 0 unspecified atom stereocenters. The summed E-state index contributed by atoms with van der Waals surface area (Å²) in [6.07, 6.45) is 0. The van der Waals surface area contributed by atoms with E-state index in [1.54, 1.807) is 50.5 Å². The highest BCUT2D eigenvalue weighted by Gasteiger charge is 2.12. The number of ketones is 1. The summed E-state index contributed by atoms with van der Waals surface area (Å²) in [6, 6.07) is 11.2. The van der Waals surface area contributed by atoms with Crippen LogP contribution < -0.4 is 10.1 Å². The maximum Gasteiger partial charge on any atom is 0.262 e. The third kappa shape index (κ3) is 5.07. The zero-order valence-electron chi connectivity index (χ0n) is 14.7. The lowest BCUT2D eigenvalue weighted by Gasteiger charge is -2.12. The summed E-state index contributed by atoms with van der Waals surface area (Å²) in [5, 5.41) is 3.08. The Morgan fingerprint density at radius 2 is 1.73 bits per heavy atom. The second kappa shape index (κ2) is 8.49. The van der Waals surface area contributed by atoms with Crippen molar-refractivity contribution in [3.8, 4) is 5.75 Å². The number of rotatable bonds is 6. The molecule has 2 aromatic carbocycles. The molecule has 0 fully saturated rings. The zero-order chi connectivity index (χ0) is 19.3. The van der Waals surface area contributed by atoms with Gasteiger partial charge in [0.15, 0.2) is 12.4 Å². The Morgan fingerprint density at radius 3 is 2.31 bits per heavy atom. The van der Waals surface area contributed by atoms with Crippen LogP contribution in [0.15, 0.2) is 42.5 Å². The van der Waals surface area contributed by atoms with E-state index in [-0.39, 0.29) is 24.2 Å². The molecule has 6 nitrogen and oxygen atoms in total. The van der Waals surface area contributed by atoms with Crippen LogP contribution in [0.4, 0.5) is 5.69 Å². The second-order valence-corrected chi connectivity index (χ2v) is 6.25. The van der Waals surface area contributed by atoms with E-state index in [2.05, 4.69) is 5.32 Å². The normalized spacial score (nSPS) is 10.2. The molecule has 0 aliphatic rings. The molecule has 0 aliphatic carbocycles. The highest BCUT2D eigenvalue weighted by atomic mass is 35.5. The topological polar surface area (TPSA) is 75.7 Å². The van der Waals surface area contributed by atoms with Crippen LogP contribution in [0.5, 0.6) is 5.75 Å². The van der Waals surface area contributed by atoms with Crippen LogP contribution in [0.1, 0.15) is 27.6 Å². The molecule has 1 N–H and O–H groups in total. The van der Waals surface area contributed by atoms with E-state index in [0.717, 1.165) is 0 Å². The number of amides is 2. The Labute approximate surface area is 156 Å². The molecule has 0 saturated carbocycles. The van der Waals surface area contributed by atoms with Gasteiger partial charge < -0.3 is 15.0 Å². The average molecular weight is 375 g/mol. The van der Waals surface area contributed by atoms with Crippen LogP contribution in [-0.4, -0.2) is 43.2 Å². The number of carbonyl (C=O) groups is 3. The van der Waals surface area contributed by atoms with Crippen molar-refractivity contribution in [1.82, 2.24) is 4.90 Å². The molecule has 0 radical (unpaired) electrons. The third-order valence-corrected chi connectivity index (χ3v) is 3.74. The quantitative estimate of drug-likeness (QED) is 0.787. The lowest BCUT2D eigenvalue weighted by Crippen LogP contribution is -2.22. The monoisotopic (exact) mass is 374 g/mol. The van der Waals surface area contributed by atoms with E-state index in [0.29, 0.717) is 27.6 Å². The third-order valence-electron chi connectivity index (χ3n) is 3.50. The number of nitrogens with zero attached hydrogens (tertiary/aromatic N) is 1. The van der Waals surface area contributed by atoms with Crippen molar-refractivity contribution in [1.29, 1.82) is 0 Å². The van der Waals surface area contributed by atoms with Crippen molar-refractivity contribution >= 4 is 34.9 Å². The minimum absolute atomic E-state index is 0.120. The predicted molar refractivity (Wildman–Crippen MR) is 100 cm³/mol. The summed E-state index contributed by atoms with van der Waals surface area (Å²) in [4.78, 5) is 37.0. The van der Waals surface area contributed by atoms with E-state index in [4.69, 9.17) is 16.3 Å². The minimum Gasteiger partial charge on any atom is -0.483 e. The molecule has 7 heteroatoms. The highest BCUT2D eigenvalue weighted by Crippen LogP contribution is 2.23. The average Bonchev–Trinajstić information content (AvgIpc) is 2.60. The molecule has 136 valence electrons. The maximum atomic E-state index is 12.0. The molecule has 0 atom stereocenters. The Bertz CT molecular complexity index is 832. The minimum atomic E-state index is -0.388. The first-order valence-corrected chi connectivity index (χ1v) is 8.20. The summed E-state index contributed by atoms with van der Waals surface area (Å²) in [7, 11) is 3.34. The van der Waals surface area contributed by atoms with Crippen molar-refractivity contribution in [3.63, 3.8) is 0 Å². The van der Waals surface area contributed by atoms with E-state index < -0.39 is 0 Å². The van der Waals surface area contributed by atoms with Gasteiger partial charge in [0, 0.05) is 30.4 Å². The van der Waals surface area contributed by atoms with Crippen LogP contribution in [0.2, 0.25) is 5.02 Å². The first-order valence-electron chi connectivity index (χ1n) is 7.83. The molecular formula is C19H19ClN2O4. The van der Waals surface area contributed by atoms with E-state index in [9.17, 15) is 14.4 Å². The fraction of sp³-hybridized carbons (Fsp3) is 0.211. The Hall–Kier alpha value is -2.86. The SMILES string of the molecule is CC(=O)c1cc(Cl)ccc1OCC(=O)Nc1ccc(C(=O)N(C)C)cc1.